The first-order valence-corrected chi connectivity index (χ1v) is 12.3. The minimum atomic E-state index is -1.96. The second kappa shape index (κ2) is 7.23. The van der Waals surface area contributed by atoms with Crippen molar-refractivity contribution in [2.75, 3.05) is 6.61 Å². The molecule has 1 aromatic carbocycles. The quantitative estimate of drug-likeness (QED) is 0.694. The molecule has 0 fully saturated rings. The van der Waals surface area contributed by atoms with Crippen molar-refractivity contribution < 1.29 is 4.43 Å². The molecule has 0 aliphatic carbocycles. The van der Waals surface area contributed by atoms with Gasteiger partial charge in [-0.05, 0) is 29.8 Å². The normalized spacial score (nSPS) is 20.0. The zero-order valence-corrected chi connectivity index (χ0v) is 18.1. The Morgan fingerprint density at radius 1 is 1.26 bits per heavy atom. The van der Waals surface area contributed by atoms with E-state index in [1.54, 1.807) is 6.20 Å². The third-order valence-electron chi connectivity index (χ3n) is 5.70. The Bertz CT molecular complexity index is 907. The first-order chi connectivity index (χ1) is 12.7. The minimum Gasteiger partial charge on any atom is -0.411 e. The van der Waals surface area contributed by atoms with E-state index < -0.39 is 14.2 Å². The number of aromatic nitrogens is 2. The molecule has 3 rings (SSSR count). The van der Waals surface area contributed by atoms with Gasteiger partial charge in [-0.3, -0.25) is 5.10 Å². The highest BCUT2D eigenvalue weighted by Gasteiger charge is 2.40. The van der Waals surface area contributed by atoms with Gasteiger partial charge in [-0.25, -0.2) is 4.99 Å². The molecule has 0 saturated heterocycles. The van der Waals surface area contributed by atoms with Gasteiger partial charge in [-0.1, -0.05) is 50.6 Å². The van der Waals surface area contributed by atoms with Crippen LogP contribution in [-0.2, 0) is 4.43 Å². The topological polar surface area (TPSA) is 74.1 Å². The summed E-state index contributed by atoms with van der Waals surface area (Å²) in [7, 11) is -1.96. The number of rotatable bonds is 4. The zero-order valence-electron chi connectivity index (χ0n) is 16.4. The van der Waals surface area contributed by atoms with Gasteiger partial charge in [0.15, 0.2) is 14.1 Å². The van der Waals surface area contributed by atoms with Crippen LogP contribution >= 0.6 is 11.6 Å². The van der Waals surface area contributed by atoms with Gasteiger partial charge in [0.1, 0.15) is 0 Å². The van der Waals surface area contributed by atoms with Crippen LogP contribution in [0.3, 0.4) is 0 Å². The predicted octanol–water partition coefficient (Wildman–Crippen LogP) is 5.44. The average Bonchev–Trinajstić information content (AvgIpc) is 3.06. The molecule has 2 unspecified atom stereocenters. The van der Waals surface area contributed by atoms with Crippen molar-refractivity contribution in [2.45, 2.75) is 44.8 Å². The number of nitriles is 1. The molecular formula is C20H25ClN4OSi. The molecule has 1 aliphatic heterocycles. The maximum atomic E-state index is 9.99. The average molecular weight is 401 g/mol. The summed E-state index contributed by atoms with van der Waals surface area (Å²) in [6.07, 6.45) is 1.74. The van der Waals surface area contributed by atoms with Crippen molar-refractivity contribution in [3.63, 3.8) is 0 Å². The molecule has 27 heavy (non-hydrogen) atoms. The molecule has 2 heterocycles. The van der Waals surface area contributed by atoms with E-state index in [0.29, 0.717) is 17.4 Å². The van der Waals surface area contributed by atoms with Gasteiger partial charge in [0.2, 0.25) is 0 Å². The summed E-state index contributed by atoms with van der Waals surface area (Å²) in [5.41, 5.74) is 2.53. The van der Waals surface area contributed by atoms with E-state index in [-0.39, 0.29) is 11.0 Å². The number of nitrogens with zero attached hydrogens (tertiary/aromatic N) is 3. The van der Waals surface area contributed by atoms with Crippen molar-refractivity contribution in [1.29, 1.82) is 5.26 Å². The van der Waals surface area contributed by atoms with Gasteiger partial charge in [0, 0.05) is 16.5 Å². The van der Waals surface area contributed by atoms with E-state index >= 15 is 0 Å². The lowest BCUT2D eigenvalue weighted by atomic mass is 9.78. The van der Waals surface area contributed by atoms with Crippen molar-refractivity contribution >= 4 is 31.4 Å². The second-order valence-electron chi connectivity index (χ2n) is 8.43. The molecule has 1 N–H and O–H groups in total. The molecule has 2 aromatic rings. The summed E-state index contributed by atoms with van der Waals surface area (Å²) in [4.78, 5) is 4.68. The molecular weight excluding hydrogens is 376 g/mol. The lowest BCUT2D eigenvalue weighted by Gasteiger charge is -2.37. The summed E-state index contributed by atoms with van der Waals surface area (Å²) >= 11 is 6.47. The highest BCUT2D eigenvalue weighted by Crippen LogP contribution is 2.44. The molecule has 0 radical (unpaired) electrons. The summed E-state index contributed by atoms with van der Waals surface area (Å²) in [5.74, 6) is 0.0213. The summed E-state index contributed by atoms with van der Waals surface area (Å²) in [6.45, 7) is 11.3. The number of H-pyrrole nitrogens is 1. The number of halogens is 1. The standard InChI is InChI=1S/C20H25ClN4OSi/c1-20(2,3)27(4,5)26-12-17-14(10-22)18(13-8-6-7-9-16(13)21)15-11-23-25-19(15)24-17/h6-9,11,14,18H,12H2,1-5H3,(H,23,25). The Morgan fingerprint density at radius 3 is 2.59 bits per heavy atom. The van der Waals surface area contributed by atoms with Crippen LogP contribution < -0.4 is 0 Å². The minimum absolute atomic E-state index is 0.0889. The molecule has 142 valence electrons. The van der Waals surface area contributed by atoms with E-state index in [1.807, 2.05) is 24.3 Å². The Morgan fingerprint density at radius 2 is 1.96 bits per heavy atom. The van der Waals surface area contributed by atoms with E-state index in [1.165, 1.54) is 0 Å². The molecule has 2 atom stereocenters. The smallest absolute Gasteiger partial charge is 0.192 e. The van der Waals surface area contributed by atoms with Crippen molar-refractivity contribution in [3.8, 4) is 6.07 Å². The highest BCUT2D eigenvalue weighted by molar-refractivity contribution is 6.74. The fraction of sp³-hybridized carbons (Fsp3) is 0.450. The number of hydrogen-bond acceptors (Lipinski definition) is 4. The van der Waals surface area contributed by atoms with Crippen LogP contribution in [0.5, 0.6) is 0 Å². The number of fused-ring (bicyclic) bond motifs is 1. The molecule has 0 bridgehead atoms. The van der Waals surface area contributed by atoms with Crippen LogP contribution in [0.15, 0.2) is 35.5 Å². The monoisotopic (exact) mass is 400 g/mol. The fourth-order valence-electron chi connectivity index (χ4n) is 3.01. The Balaban J connectivity index is 1.99. The first kappa shape index (κ1) is 19.8. The number of aromatic amines is 1. The summed E-state index contributed by atoms with van der Waals surface area (Å²) < 4.78 is 6.36. The maximum absolute atomic E-state index is 9.99. The second-order valence-corrected chi connectivity index (χ2v) is 13.6. The Hall–Kier alpha value is -1.94. The van der Waals surface area contributed by atoms with E-state index in [4.69, 9.17) is 16.0 Å². The van der Waals surface area contributed by atoms with E-state index in [0.717, 1.165) is 16.8 Å². The van der Waals surface area contributed by atoms with Crippen molar-refractivity contribution in [2.24, 2.45) is 10.9 Å². The lowest BCUT2D eigenvalue weighted by molar-refractivity contribution is 0.334. The van der Waals surface area contributed by atoms with E-state index in [9.17, 15) is 5.26 Å². The number of benzene rings is 1. The van der Waals surface area contributed by atoms with Gasteiger partial charge in [0.25, 0.3) is 0 Å². The molecule has 1 aromatic heterocycles. The van der Waals surface area contributed by atoms with Crippen LogP contribution in [0.1, 0.15) is 37.8 Å². The van der Waals surface area contributed by atoms with Gasteiger partial charge < -0.3 is 4.43 Å². The molecule has 0 spiro atoms. The fourth-order valence-corrected chi connectivity index (χ4v) is 4.20. The SMILES string of the molecule is CC(C)(C)[Si](C)(C)OCC1=Nc2[nH]ncc2C(c2ccccc2Cl)C1C#N. The largest absolute Gasteiger partial charge is 0.411 e. The highest BCUT2D eigenvalue weighted by atomic mass is 35.5. The molecule has 0 amide bonds. The summed E-state index contributed by atoms with van der Waals surface area (Å²) in [5, 5.41) is 17.8. The number of hydrogen-bond donors (Lipinski definition) is 1. The number of aliphatic imine (C=N–C) groups is 1. The third-order valence-corrected chi connectivity index (χ3v) is 10.5. The molecule has 1 aliphatic rings. The van der Waals surface area contributed by atoms with Crippen LogP contribution in [0, 0.1) is 17.2 Å². The maximum Gasteiger partial charge on any atom is 0.192 e. The van der Waals surface area contributed by atoms with Gasteiger partial charge >= 0.3 is 0 Å². The van der Waals surface area contributed by atoms with Gasteiger partial charge in [-0.2, -0.15) is 10.4 Å². The van der Waals surface area contributed by atoms with Crippen LogP contribution in [0.2, 0.25) is 23.2 Å². The van der Waals surface area contributed by atoms with Crippen LogP contribution in [0.25, 0.3) is 0 Å². The number of nitrogens with one attached hydrogen (secondary N) is 1. The summed E-state index contributed by atoms with van der Waals surface area (Å²) in [6, 6.07) is 10.1. The zero-order chi connectivity index (χ0) is 19.8. The van der Waals surface area contributed by atoms with Gasteiger partial charge in [-0.15, -0.1) is 0 Å². The lowest BCUT2D eigenvalue weighted by Crippen LogP contribution is -2.43. The Labute approximate surface area is 166 Å². The van der Waals surface area contributed by atoms with Crippen molar-refractivity contribution in [1.82, 2.24) is 10.2 Å². The Kier molecular flexibility index (Phi) is 5.30. The molecule has 7 heteroatoms. The molecule has 0 saturated carbocycles. The third kappa shape index (κ3) is 3.72. The molecule has 5 nitrogen and oxygen atoms in total. The predicted molar refractivity (Wildman–Crippen MR) is 111 cm³/mol. The van der Waals surface area contributed by atoms with Crippen LogP contribution in [-0.4, -0.2) is 30.8 Å². The van der Waals surface area contributed by atoms with E-state index in [2.05, 4.69) is 55.1 Å². The van der Waals surface area contributed by atoms with Gasteiger partial charge in [0.05, 0.1) is 30.5 Å². The van der Waals surface area contributed by atoms with Crippen LogP contribution in [0.4, 0.5) is 5.82 Å². The first-order valence-electron chi connectivity index (χ1n) is 9.04. The van der Waals surface area contributed by atoms with Crippen molar-refractivity contribution in [3.05, 3.63) is 46.6 Å².